The third-order valence-electron chi connectivity index (χ3n) is 13.3. The normalized spacial score (nSPS) is 18.1. The van der Waals surface area contributed by atoms with Gasteiger partial charge in [-0.15, -0.1) is 4.33 Å². The second-order valence-corrected chi connectivity index (χ2v) is 24.5. The van der Waals surface area contributed by atoms with Gasteiger partial charge in [0.15, 0.2) is 5.71 Å². The summed E-state index contributed by atoms with van der Waals surface area (Å²) in [5, 5.41) is 25.4. The fourth-order valence-corrected chi connectivity index (χ4v) is 11.7. The van der Waals surface area contributed by atoms with Crippen LogP contribution in [0.2, 0.25) is 0 Å². The molecule has 0 spiro atoms. The van der Waals surface area contributed by atoms with Gasteiger partial charge in [-0.05, 0) is 118 Å². The summed E-state index contributed by atoms with van der Waals surface area (Å²) in [6.07, 6.45) is 19.9. The lowest BCUT2D eigenvalue weighted by molar-refractivity contribution is -0.438. The number of unbranched alkanes of at least 4 members (excludes halogenated alkanes) is 9. The van der Waals surface area contributed by atoms with Gasteiger partial charge >= 0.3 is 5.97 Å². The Morgan fingerprint density at radius 3 is 2.16 bits per heavy atom. The van der Waals surface area contributed by atoms with Gasteiger partial charge in [0.1, 0.15) is 6.54 Å². The molecule has 70 heavy (non-hydrogen) atoms. The van der Waals surface area contributed by atoms with Crippen LogP contribution < -0.4 is 10.2 Å². The fraction of sp³-hybridized carbons (Fsp3) is 0.551. The molecule has 0 bridgehead atoms. The number of hydrogen-bond acceptors (Lipinski definition) is 14. The first kappa shape index (κ1) is 57.0. The highest BCUT2D eigenvalue weighted by atomic mass is 32.2. The molecular formula is C49H69N3O14S4. The van der Waals surface area contributed by atoms with E-state index in [2.05, 4.69) is 47.0 Å². The highest BCUT2D eigenvalue weighted by Crippen LogP contribution is 2.49. The number of nitrogens with zero attached hydrogens (tertiary/aromatic N) is 2. The topological polar surface area (TPSA) is 260 Å². The van der Waals surface area contributed by atoms with Crippen LogP contribution in [-0.4, -0.2) is 96.7 Å². The van der Waals surface area contributed by atoms with Crippen molar-refractivity contribution in [2.45, 2.75) is 151 Å². The first-order chi connectivity index (χ1) is 32.9. The van der Waals surface area contributed by atoms with Crippen LogP contribution in [0.5, 0.6) is 0 Å². The standard InChI is InChI=1S/C49H69N3O14S4/c1-48(2)40-34-38(67-66-65-55)23-25-42(40)51(30-13-15-32-68(56,57)58)44(48)27-21-36-18-17-19-37(47(36)50-29-12-10-8-6-5-7-9-11-20-46(53)54)22-28-45-49(3,4)41-35-39(70(62,63)64)24-26-43(41)52(45)31-14-16-33-69(59,60)61/h21-28,34-35H,5-20,29-33H2,1-4H3,(H5,53,54,55,56,57,58,59,60,61,62,63,64)/b37-22+,45-28+. The Hall–Kier alpha value is -3.90. The molecular weight excluding hydrogens is 983 g/mol. The molecule has 0 amide bonds. The number of carboxylic acids is 1. The van der Waals surface area contributed by atoms with Crippen molar-refractivity contribution < 1.29 is 68.0 Å². The quantitative estimate of drug-likeness (QED) is 0.0127. The number of hydrogen-bond donors (Lipinski definition) is 5. The van der Waals surface area contributed by atoms with Gasteiger partial charge in [0, 0.05) is 76.8 Å². The van der Waals surface area contributed by atoms with Crippen molar-refractivity contribution in [3.05, 3.63) is 94.4 Å². The molecule has 17 nitrogen and oxygen atoms in total. The Labute approximate surface area is 418 Å². The molecule has 0 saturated carbocycles. The average molecular weight is 1050 g/mol. The van der Waals surface area contributed by atoms with E-state index in [4.69, 9.17) is 14.7 Å². The molecule has 2 aromatic rings. The Morgan fingerprint density at radius 1 is 0.814 bits per heavy atom. The Kier molecular flexibility index (Phi) is 20.5. The van der Waals surface area contributed by atoms with E-state index in [9.17, 15) is 43.7 Å². The van der Waals surface area contributed by atoms with Crippen LogP contribution in [0.25, 0.3) is 0 Å². The summed E-state index contributed by atoms with van der Waals surface area (Å²) in [5.41, 5.74) is 6.94. The van der Waals surface area contributed by atoms with Crippen LogP contribution >= 0.6 is 12.0 Å². The van der Waals surface area contributed by atoms with Crippen molar-refractivity contribution in [1.82, 2.24) is 5.32 Å². The monoisotopic (exact) mass is 1050 g/mol. The number of nitrogens with one attached hydrogen (secondary N) is 1. The predicted molar refractivity (Wildman–Crippen MR) is 269 cm³/mol. The van der Waals surface area contributed by atoms with Gasteiger partial charge in [0.25, 0.3) is 20.2 Å². The molecule has 0 radical (unpaired) electrons. The minimum atomic E-state index is -4.51. The van der Waals surface area contributed by atoms with E-state index in [0.29, 0.717) is 49.4 Å². The number of carboxylic acid groups (broad SMARTS) is 1. The van der Waals surface area contributed by atoms with Gasteiger partial charge < -0.3 is 19.9 Å². The van der Waals surface area contributed by atoms with Gasteiger partial charge in [-0.25, -0.2) is 13.7 Å². The van der Waals surface area contributed by atoms with Crippen LogP contribution in [0.15, 0.2) is 93.0 Å². The Bertz CT molecular complexity index is 2690. The van der Waals surface area contributed by atoms with Crippen molar-refractivity contribution in [3.63, 3.8) is 0 Å². The summed E-state index contributed by atoms with van der Waals surface area (Å²) < 4.78 is 108. The fourth-order valence-electron chi connectivity index (χ4n) is 9.68. The Morgan fingerprint density at radius 2 is 1.50 bits per heavy atom. The van der Waals surface area contributed by atoms with E-state index in [0.717, 1.165) is 121 Å². The SMILES string of the molecule is CC1(C)C(/C=C/C2=C(NCCCCCCCCCCC(=O)O)C(=C/C=C3/N(CCCCS(=O)(=O)O)c4ccc(S(=O)(=O)O)cc4C3(C)C)/CCC2)=[N+](CCCCS(=O)(=O)[O-])c2ccc(SOOO)cc21. The number of benzene rings is 2. The van der Waals surface area contributed by atoms with Crippen molar-refractivity contribution in [2.75, 3.05) is 36.0 Å². The number of allylic oxidation sites excluding steroid dienone is 7. The molecule has 0 aromatic heterocycles. The first-order valence-corrected chi connectivity index (χ1v) is 29.3. The molecule has 21 heteroatoms. The van der Waals surface area contributed by atoms with Gasteiger partial charge in [-0.1, -0.05) is 69.6 Å². The lowest BCUT2D eigenvalue weighted by Gasteiger charge is -2.28. The smallest absolute Gasteiger partial charge is 0.303 e. The van der Waals surface area contributed by atoms with Crippen molar-refractivity contribution in [3.8, 4) is 0 Å². The maximum absolute atomic E-state index is 12.3. The predicted octanol–water partition coefficient (Wildman–Crippen LogP) is 9.52. The zero-order valence-corrected chi connectivity index (χ0v) is 43.8. The van der Waals surface area contributed by atoms with E-state index >= 15 is 0 Å². The summed E-state index contributed by atoms with van der Waals surface area (Å²) >= 11 is 0.854. The zero-order chi connectivity index (χ0) is 51.3. The minimum absolute atomic E-state index is 0.200. The number of carbonyl (C=O) groups is 1. The highest BCUT2D eigenvalue weighted by molar-refractivity contribution is 7.94. The van der Waals surface area contributed by atoms with Crippen LogP contribution in [0.3, 0.4) is 0 Å². The maximum Gasteiger partial charge on any atom is 0.303 e. The summed E-state index contributed by atoms with van der Waals surface area (Å²) in [5.74, 6) is -1.62. The number of anilines is 1. The molecule has 0 saturated heterocycles. The van der Waals surface area contributed by atoms with Crippen molar-refractivity contribution >= 4 is 65.5 Å². The summed E-state index contributed by atoms with van der Waals surface area (Å²) in [4.78, 5) is 13.4. The third kappa shape index (κ3) is 16.1. The van der Waals surface area contributed by atoms with Crippen LogP contribution in [-0.2, 0) is 55.4 Å². The first-order valence-electron chi connectivity index (χ1n) is 23.9. The van der Waals surface area contributed by atoms with E-state index in [1.165, 1.54) is 12.1 Å². The molecule has 2 heterocycles. The molecule has 0 atom stereocenters. The lowest BCUT2D eigenvalue weighted by Crippen LogP contribution is -2.28. The van der Waals surface area contributed by atoms with E-state index in [1.54, 1.807) is 6.07 Å². The van der Waals surface area contributed by atoms with Gasteiger partial charge in [0.05, 0.1) is 38.2 Å². The molecule has 3 aliphatic rings. The number of rotatable bonds is 29. The van der Waals surface area contributed by atoms with Gasteiger partial charge in [-0.3, -0.25) is 13.9 Å². The van der Waals surface area contributed by atoms with E-state index in [1.807, 2.05) is 43.0 Å². The second kappa shape index (κ2) is 25.2. The van der Waals surface area contributed by atoms with Crippen LogP contribution in [0, 0.1) is 0 Å². The van der Waals surface area contributed by atoms with Crippen molar-refractivity contribution in [1.29, 1.82) is 0 Å². The molecule has 0 unspecified atom stereocenters. The average Bonchev–Trinajstić information content (AvgIpc) is 3.62. The number of fused-ring (bicyclic) bond motifs is 2. The highest BCUT2D eigenvalue weighted by Gasteiger charge is 2.45. The molecule has 388 valence electrons. The molecule has 5 rings (SSSR count). The van der Waals surface area contributed by atoms with Crippen molar-refractivity contribution in [2.24, 2.45) is 0 Å². The molecule has 2 aromatic carbocycles. The molecule has 2 aliphatic heterocycles. The third-order valence-corrected chi connectivity index (χ3v) is 16.3. The minimum Gasteiger partial charge on any atom is -0.748 e. The maximum atomic E-state index is 12.3. The van der Waals surface area contributed by atoms with Gasteiger partial charge in [-0.2, -0.15) is 21.4 Å². The summed E-state index contributed by atoms with van der Waals surface area (Å²) in [6.45, 7) is 9.69. The lowest BCUT2D eigenvalue weighted by atomic mass is 9.81. The summed E-state index contributed by atoms with van der Waals surface area (Å²) in [6, 6.07) is 10.2. The van der Waals surface area contributed by atoms with Crippen LogP contribution in [0.1, 0.15) is 142 Å². The van der Waals surface area contributed by atoms with E-state index < -0.39 is 58.7 Å². The molecule has 5 N–H and O–H groups in total. The largest absolute Gasteiger partial charge is 0.748 e. The molecule has 1 aliphatic carbocycles. The Balaban J connectivity index is 1.52. The van der Waals surface area contributed by atoms with E-state index in [-0.39, 0.29) is 24.2 Å². The number of aliphatic carboxylic acids is 1. The van der Waals surface area contributed by atoms with Crippen LogP contribution in [0.4, 0.5) is 11.4 Å². The molecule has 0 fully saturated rings. The van der Waals surface area contributed by atoms with Gasteiger partial charge in [0.2, 0.25) is 5.69 Å². The summed E-state index contributed by atoms with van der Waals surface area (Å²) in [7, 11) is -13.1. The second-order valence-electron chi connectivity index (χ2n) is 19.2. The zero-order valence-electron chi connectivity index (χ0n) is 40.5.